The number of nitrogens with one attached hydrogen (secondary N) is 1. The van der Waals surface area contributed by atoms with Gasteiger partial charge < -0.3 is 15.1 Å². The lowest BCUT2D eigenvalue weighted by molar-refractivity contribution is -0.192. The maximum Gasteiger partial charge on any atom is 0.490 e. The number of aromatic carboxylic acids is 1. The molecule has 0 aliphatic rings. The largest absolute Gasteiger partial charge is 0.490 e. The Morgan fingerprint density at radius 3 is 2.03 bits per heavy atom. The highest BCUT2D eigenvalue weighted by molar-refractivity contribution is 7.92. The highest BCUT2D eigenvalue weighted by Crippen LogP contribution is 2.30. The highest BCUT2D eigenvalue weighted by Gasteiger charge is 2.38. The third-order valence-corrected chi connectivity index (χ3v) is 5.97. The average Bonchev–Trinajstić information content (AvgIpc) is 2.80. The van der Waals surface area contributed by atoms with E-state index in [0.29, 0.717) is 24.4 Å². The molecule has 3 aromatic rings. The summed E-state index contributed by atoms with van der Waals surface area (Å²) in [5.74, 6) is -6.48. The van der Waals surface area contributed by atoms with Crippen LogP contribution in [0.1, 0.15) is 15.9 Å². The predicted molar refractivity (Wildman–Crippen MR) is 123 cm³/mol. The summed E-state index contributed by atoms with van der Waals surface area (Å²) in [6.45, 7) is 0.424. The van der Waals surface area contributed by atoms with Gasteiger partial charge in [-0.2, -0.15) is 13.2 Å². The molecule has 0 fully saturated rings. The van der Waals surface area contributed by atoms with E-state index >= 15 is 0 Å². The number of halogens is 5. The zero-order valence-corrected chi connectivity index (χ0v) is 19.6. The van der Waals surface area contributed by atoms with Gasteiger partial charge in [0.2, 0.25) is 0 Å². The lowest BCUT2D eigenvalue weighted by Crippen LogP contribution is -2.21. The molecular weight excluding hydrogens is 527 g/mol. The van der Waals surface area contributed by atoms with E-state index in [1.165, 1.54) is 18.2 Å². The van der Waals surface area contributed by atoms with Crippen LogP contribution in [0.3, 0.4) is 0 Å². The van der Waals surface area contributed by atoms with Crippen molar-refractivity contribution in [1.29, 1.82) is 0 Å². The van der Waals surface area contributed by atoms with Crippen LogP contribution < -0.4 is 9.62 Å². The number of alkyl halides is 3. The molecule has 198 valence electrons. The first kappa shape index (κ1) is 29.0. The molecule has 0 aromatic heterocycles. The third kappa shape index (κ3) is 8.17. The summed E-state index contributed by atoms with van der Waals surface area (Å²) in [5, 5.41) is 16.4. The smallest absolute Gasteiger partial charge is 0.478 e. The number of hydrogen-bond donors (Lipinski definition) is 3. The van der Waals surface area contributed by atoms with E-state index < -0.39 is 44.7 Å². The lowest BCUT2D eigenvalue weighted by Gasteiger charge is -2.23. The van der Waals surface area contributed by atoms with Crippen molar-refractivity contribution >= 4 is 33.3 Å². The fraction of sp³-hybridized carbons (Fsp3) is 0.130. The maximum atomic E-state index is 13.5. The molecule has 0 saturated carbocycles. The van der Waals surface area contributed by atoms with Crippen LogP contribution in [-0.2, 0) is 21.4 Å². The summed E-state index contributed by atoms with van der Waals surface area (Å²) in [6.07, 6.45) is -5.08. The van der Waals surface area contributed by atoms with Gasteiger partial charge in [-0.3, -0.25) is 4.72 Å². The number of nitrogens with zero attached hydrogens (tertiary/aromatic N) is 1. The number of anilines is 2. The van der Waals surface area contributed by atoms with Crippen molar-refractivity contribution < 1.29 is 50.2 Å². The number of hydrogen-bond acceptors (Lipinski definition) is 5. The van der Waals surface area contributed by atoms with Crippen molar-refractivity contribution in [2.24, 2.45) is 0 Å². The Balaban J connectivity index is 0.000000604. The number of sulfonamides is 1. The molecule has 14 heteroatoms. The van der Waals surface area contributed by atoms with Gasteiger partial charge in [0.25, 0.3) is 10.0 Å². The summed E-state index contributed by atoms with van der Waals surface area (Å²) >= 11 is 0. The molecule has 0 heterocycles. The SMILES string of the molecule is CN(Cc1ccccc1)c1ccc(C(=O)O)cc1NS(=O)(=O)c1ccc(F)c(F)c1.O=C(O)C(F)(F)F. The third-order valence-electron chi connectivity index (χ3n) is 4.61. The molecule has 3 N–H and O–H groups in total. The van der Waals surface area contributed by atoms with Gasteiger partial charge in [-0.05, 0) is 42.0 Å². The number of benzene rings is 3. The van der Waals surface area contributed by atoms with Crippen molar-refractivity contribution in [2.45, 2.75) is 17.6 Å². The van der Waals surface area contributed by atoms with E-state index in [4.69, 9.17) is 9.90 Å². The second-order valence-corrected chi connectivity index (χ2v) is 9.05. The van der Waals surface area contributed by atoms with Crippen LogP contribution in [0.5, 0.6) is 0 Å². The number of carboxylic acid groups (broad SMARTS) is 2. The van der Waals surface area contributed by atoms with Crippen molar-refractivity contribution in [3.05, 3.63) is 89.5 Å². The molecule has 0 aliphatic heterocycles. The van der Waals surface area contributed by atoms with E-state index in [9.17, 15) is 40.3 Å². The standard InChI is InChI=1S/C21H18F2N2O4S.C2HF3O2/c1-25(13-14-5-3-2-4-6-14)20-10-7-15(21(26)27)11-19(20)24-30(28,29)16-8-9-17(22)18(23)12-16;3-2(4,5)1(6)7/h2-12,24H,13H2,1H3,(H,26,27);(H,6,7). The Labute approximate surface area is 207 Å². The van der Waals surface area contributed by atoms with Crippen LogP contribution in [0.2, 0.25) is 0 Å². The van der Waals surface area contributed by atoms with Crippen LogP contribution >= 0.6 is 0 Å². The monoisotopic (exact) mass is 546 g/mol. The minimum atomic E-state index is -5.08. The second-order valence-electron chi connectivity index (χ2n) is 7.36. The fourth-order valence-corrected chi connectivity index (χ4v) is 3.95. The molecule has 8 nitrogen and oxygen atoms in total. The number of rotatable bonds is 7. The van der Waals surface area contributed by atoms with Crippen LogP contribution in [0.15, 0.2) is 71.6 Å². The van der Waals surface area contributed by atoms with Gasteiger partial charge in [0.15, 0.2) is 11.6 Å². The maximum absolute atomic E-state index is 13.5. The van der Waals surface area contributed by atoms with Gasteiger partial charge in [-0.25, -0.2) is 26.8 Å². The van der Waals surface area contributed by atoms with Crippen molar-refractivity contribution in [2.75, 3.05) is 16.7 Å². The number of carbonyl (C=O) groups is 2. The fourth-order valence-electron chi connectivity index (χ4n) is 2.87. The van der Waals surface area contributed by atoms with E-state index in [2.05, 4.69) is 4.72 Å². The Bertz CT molecular complexity index is 1380. The Morgan fingerprint density at radius 2 is 1.51 bits per heavy atom. The summed E-state index contributed by atoms with van der Waals surface area (Å²) in [4.78, 5) is 21.5. The first-order chi connectivity index (χ1) is 17.1. The summed E-state index contributed by atoms with van der Waals surface area (Å²) in [6, 6.07) is 15.6. The highest BCUT2D eigenvalue weighted by atomic mass is 32.2. The van der Waals surface area contributed by atoms with Gasteiger partial charge in [0, 0.05) is 13.6 Å². The van der Waals surface area contributed by atoms with Crippen molar-refractivity contribution in [1.82, 2.24) is 0 Å². The summed E-state index contributed by atoms with van der Waals surface area (Å²) < 4.78 is 86.1. The van der Waals surface area contributed by atoms with Gasteiger partial charge in [-0.15, -0.1) is 0 Å². The molecule has 0 radical (unpaired) electrons. The quantitative estimate of drug-likeness (QED) is 0.366. The molecule has 0 saturated heterocycles. The first-order valence-corrected chi connectivity index (χ1v) is 11.5. The molecule has 37 heavy (non-hydrogen) atoms. The van der Waals surface area contributed by atoms with E-state index in [1.54, 1.807) is 11.9 Å². The van der Waals surface area contributed by atoms with Crippen LogP contribution in [0.25, 0.3) is 0 Å². The topological polar surface area (TPSA) is 124 Å². The number of carboxylic acids is 2. The van der Waals surface area contributed by atoms with Crippen molar-refractivity contribution in [3.8, 4) is 0 Å². The van der Waals surface area contributed by atoms with Gasteiger partial charge in [-0.1, -0.05) is 30.3 Å². The van der Waals surface area contributed by atoms with Crippen molar-refractivity contribution in [3.63, 3.8) is 0 Å². The molecule has 0 unspecified atom stereocenters. The minimum Gasteiger partial charge on any atom is -0.478 e. The molecule has 3 aromatic carbocycles. The average molecular weight is 546 g/mol. The van der Waals surface area contributed by atoms with Crippen LogP contribution in [0.4, 0.5) is 33.3 Å². The Kier molecular flexibility index (Phi) is 9.17. The molecule has 0 aliphatic carbocycles. The molecule has 0 spiro atoms. The normalized spacial score (nSPS) is 11.2. The summed E-state index contributed by atoms with van der Waals surface area (Å²) in [5.41, 5.74) is 1.24. The molecule has 0 atom stereocenters. The van der Waals surface area contributed by atoms with Gasteiger partial charge in [0.05, 0.1) is 21.8 Å². The Hall–Kier alpha value is -4.20. The van der Waals surface area contributed by atoms with E-state index in [0.717, 1.165) is 11.6 Å². The lowest BCUT2D eigenvalue weighted by atomic mass is 10.1. The second kappa shape index (κ2) is 11.7. The molecule has 0 bridgehead atoms. The predicted octanol–water partition coefficient (Wildman–Crippen LogP) is 4.73. The number of aliphatic carboxylic acids is 1. The zero-order chi connectivity index (χ0) is 28.0. The Morgan fingerprint density at radius 1 is 0.919 bits per heavy atom. The van der Waals surface area contributed by atoms with Crippen LogP contribution in [-0.4, -0.2) is 43.8 Å². The first-order valence-electron chi connectivity index (χ1n) is 10.0. The van der Waals surface area contributed by atoms with E-state index in [-0.39, 0.29) is 11.3 Å². The molecule has 0 amide bonds. The summed E-state index contributed by atoms with van der Waals surface area (Å²) in [7, 11) is -2.58. The zero-order valence-electron chi connectivity index (χ0n) is 18.8. The van der Waals surface area contributed by atoms with E-state index in [1.807, 2.05) is 30.3 Å². The molecule has 3 rings (SSSR count). The van der Waals surface area contributed by atoms with Gasteiger partial charge >= 0.3 is 18.1 Å². The minimum absolute atomic E-state index is 0.00179. The van der Waals surface area contributed by atoms with Gasteiger partial charge in [0.1, 0.15) is 0 Å². The molecular formula is C23H19F5N2O6S. The van der Waals surface area contributed by atoms with Crippen LogP contribution in [0, 0.1) is 11.6 Å².